The van der Waals surface area contributed by atoms with E-state index in [1.165, 1.54) is 41.6 Å². The zero-order valence-corrected chi connectivity index (χ0v) is 14.8. The summed E-state index contributed by atoms with van der Waals surface area (Å²) in [6.45, 7) is 0.973. The molecule has 1 N–H and O–H groups in total. The summed E-state index contributed by atoms with van der Waals surface area (Å²) in [7, 11) is 0. The molecular formula is C20H24ClN3. The van der Waals surface area contributed by atoms with E-state index in [0.717, 1.165) is 49.2 Å². The lowest BCUT2D eigenvalue weighted by atomic mass is 9.92. The Bertz CT molecular complexity index is 749. The second-order valence-electron chi connectivity index (χ2n) is 6.53. The molecule has 1 aliphatic carbocycles. The van der Waals surface area contributed by atoms with Gasteiger partial charge in [0.1, 0.15) is 0 Å². The van der Waals surface area contributed by atoms with Crippen molar-refractivity contribution in [3.8, 4) is 6.07 Å². The topological polar surface area (TPSA) is 48.7 Å². The highest BCUT2D eigenvalue weighted by atomic mass is 35.5. The van der Waals surface area contributed by atoms with Gasteiger partial charge in [0.25, 0.3) is 0 Å². The van der Waals surface area contributed by atoms with E-state index >= 15 is 0 Å². The fourth-order valence-electron chi connectivity index (χ4n) is 3.50. The Morgan fingerprint density at radius 1 is 1.12 bits per heavy atom. The third kappa shape index (κ3) is 3.99. The Kier molecular flexibility index (Phi) is 5.93. The number of hydrogen-bond donors (Lipinski definition) is 1. The second-order valence-corrected chi connectivity index (χ2v) is 6.97. The van der Waals surface area contributed by atoms with Gasteiger partial charge in [-0.05, 0) is 62.3 Å². The maximum atomic E-state index is 8.57. The van der Waals surface area contributed by atoms with E-state index < -0.39 is 0 Å². The molecule has 126 valence electrons. The zero-order valence-electron chi connectivity index (χ0n) is 14.1. The van der Waals surface area contributed by atoms with Gasteiger partial charge in [-0.3, -0.25) is 4.98 Å². The number of unbranched alkanes of at least 4 members (excludes halogenated alkanes) is 4. The summed E-state index contributed by atoms with van der Waals surface area (Å²) in [5.41, 5.74) is 4.91. The zero-order chi connectivity index (χ0) is 16.8. The summed E-state index contributed by atoms with van der Waals surface area (Å²) in [4.78, 5) is 4.86. The van der Waals surface area contributed by atoms with Crippen LogP contribution in [0.2, 0.25) is 5.02 Å². The number of nitrogens with zero attached hydrogens (tertiary/aromatic N) is 2. The molecule has 3 nitrogen and oxygen atoms in total. The van der Waals surface area contributed by atoms with Gasteiger partial charge in [0, 0.05) is 34.8 Å². The van der Waals surface area contributed by atoms with Gasteiger partial charge in [-0.15, -0.1) is 0 Å². The first kappa shape index (κ1) is 17.0. The third-order valence-electron chi connectivity index (χ3n) is 4.74. The third-order valence-corrected chi connectivity index (χ3v) is 4.98. The fourth-order valence-corrected chi connectivity index (χ4v) is 3.66. The second kappa shape index (κ2) is 8.35. The van der Waals surface area contributed by atoms with Crippen molar-refractivity contribution in [3.05, 3.63) is 34.5 Å². The molecule has 0 atom stereocenters. The summed E-state index contributed by atoms with van der Waals surface area (Å²) in [6, 6.07) is 8.23. The first-order chi connectivity index (χ1) is 11.8. The van der Waals surface area contributed by atoms with Crippen LogP contribution in [0.1, 0.15) is 56.2 Å². The number of fused-ring (bicyclic) bond motifs is 2. The first-order valence-corrected chi connectivity index (χ1v) is 9.39. The van der Waals surface area contributed by atoms with Crippen LogP contribution in [0.5, 0.6) is 0 Å². The number of halogens is 1. The molecule has 1 aliphatic rings. The molecule has 1 aromatic carbocycles. The molecule has 0 fully saturated rings. The van der Waals surface area contributed by atoms with Gasteiger partial charge in [-0.1, -0.05) is 24.4 Å². The molecule has 1 heterocycles. The molecule has 0 spiro atoms. The summed E-state index contributed by atoms with van der Waals surface area (Å²) >= 11 is 6.16. The molecule has 0 unspecified atom stereocenters. The van der Waals surface area contributed by atoms with Crippen molar-refractivity contribution in [2.75, 3.05) is 11.9 Å². The quantitative estimate of drug-likeness (QED) is 0.661. The monoisotopic (exact) mass is 341 g/mol. The van der Waals surface area contributed by atoms with Crippen LogP contribution in [-0.2, 0) is 12.8 Å². The predicted molar refractivity (Wildman–Crippen MR) is 101 cm³/mol. The summed E-state index contributed by atoms with van der Waals surface area (Å²) in [5, 5.41) is 14.2. The summed E-state index contributed by atoms with van der Waals surface area (Å²) in [5.74, 6) is 0. The lowest BCUT2D eigenvalue weighted by molar-refractivity contribution is 0.659. The van der Waals surface area contributed by atoms with E-state index in [9.17, 15) is 0 Å². The van der Waals surface area contributed by atoms with Crippen LogP contribution in [0.15, 0.2) is 18.2 Å². The van der Waals surface area contributed by atoms with Crippen LogP contribution in [0.25, 0.3) is 10.9 Å². The van der Waals surface area contributed by atoms with Crippen molar-refractivity contribution in [3.63, 3.8) is 0 Å². The Morgan fingerprint density at radius 2 is 1.96 bits per heavy atom. The first-order valence-electron chi connectivity index (χ1n) is 9.01. The molecule has 0 aliphatic heterocycles. The molecule has 4 heteroatoms. The lowest BCUT2D eigenvalue weighted by Crippen LogP contribution is -2.12. The number of pyridine rings is 1. The fraction of sp³-hybridized carbons (Fsp3) is 0.500. The molecule has 0 amide bonds. The number of aryl methyl sites for hydroxylation is 1. The average Bonchev–Trinajstić information content (AvgIpc) is 2.60. The SMILES string of the molecule is N#CCCCCCCNc1c2c(nc3cc(Cl)ccc13)CCCC2. The van der Waals surface area contributed by atoms with Crippen molar-refractivity contribution in [2.45, 2.75) is 57.8 Å². The maximum Gasteiger partial charge on any atom is 0.0741 e. The molecule has 0 bridgehead atoms. The van der Waals surface area contributed by atoms with Crippen molar-refractivity contribution in [1.29, 1.82) is 5.26 Å². The normalized spacial score (nSPS) is 13.5. The molecular weight excluding hydrogens is 318 g/mol. The number of aromatic nitrogens is 1. The van der Waals surface area contributed by atoms with Crippen LogP contribution < -0.4 is 5.32 Å². The van der Waals surface area contributed by atoms with Crippen LogP contribution in [0.3, 0.4) is 0 Å². The molecule has 1 aromatic heterocycles. The highest BCUT2D eigenvalue weighted by molar-refractivity contribution is 6.31. The van der Waals surface area contributed by atoms with Gasteiger partial charge in [-0.25, -0.2) is 0 Å². The minimum atomic E-state index is 0.677. The average molecular weight is 342 g/mol. The number of nitrogens with one attached hydrogen (secondary N) is 1. The van der Waals surface area contributed by atoms with Gasteiger partial charge in [0.05, 0.1) is 11.6 Å². The molecule has 0 radical (unpaired) electrons. The van der Waals surface area contributed by atoms with Crippen molar-refractivity contribution in [2.24, 2.45) is 0 Å². The van der Waals surface area contributed by atoms with Crippen LogP contribution in [0.4, 0.5) is 5.69 Å². The number of nitriles is 1. The standard InChI is InChI=1S/C20H24ClN3/c21-15-10-11-17-19(14-15)24-18-9-5-4-8-16(18)20(17)23-13-7-3-1-2-6-12-22/h10-11,14H,1-9,13H2,(H,23,24). The molecule has 0 saturated carbocycles. The number of anilines is 1. The summed E-state index contributed by atoms with van der Waals surface area (Å²) < 4.78 is 0. The molecule has 0 saturated heterocycles. The highest BCUT2D eigenvalue weighted by Gasteiger charge is 2.18. The lowest BCUT2D eigenvalue weighted by Gasteiger charge is -2.22. The largest absolute Gasteiger partial charge is 0.384 e. The van der Waals surface area contributed by atoms with Gasteiger partial charge in [-0.2, -0.15) is 5.26 Å². The van der Waals surface area contributed by atoms with Crippen LogP contribution in [0, 0.1) is 11.3 Å². The van der Waals surface area contributed by atoms with Crippen LogP contribution in [-0.4, -0.2) is 11.5 Å². The Morgan fingerprint density at radius 3 is 2.83 bits per heavy atom. The minimum Gasteiger partial charge on any atom is -0.384 e. The Balaban J connectivity index is 1.74. The van der Waals surface area contributed by atoms with E-state index in [1.54, 1.807) is 0 Å². The van der Waals surface area contributed by atoms with E-state index in [-0.39, 0.29) is 0 Å². The van der Waals surface area contributed by atoms with Crippen molar-refractivity contribution >= 4 is 28.2 Å². The van der Waals surface area contributed by atoms with E-state index in [2.05, 4.69) is 17.5 Å². The van der Waals surface area contributed by atoms with E-state index in [1.807, 2.05) is 12.1 Å². The minimum absolute atomic E-state index is 0.677. The van der Waals surface area contributed by atoms with Crippen LogP contribution >= 0.6 is 11.6 Å². The Labute approximate surface area is 149 Å². The number of benzene rings is 1. The van der Waals surface area contributed by atoms with Crippen molar-refractivity contribution in [1.82, 2.24) is 4.98 Å². The Hall–Kier alpha value is -1.79. The van der Waals surface area contributed by atoms with E-state index in [0.29, 0.717) is 6.42 Å². The number of rotatable bonds is 7. The highest BCUT2D eigenvalue weighted by Crippen LogP contribution is 2.34. The van der Waals surface area contributed by atoms with Gasteiger partial charge in [0.2, 0.25) is 0 Å². The summed E-state index contributed by atoms with van der Waals surface area (Å²) in [6.07, 6.45) is 9.80. The van der Waals surface area contributed by atoms with Gasteiger partial charge in [0.15, 0.2) is 0 Å². The molecule has 24 heavy (non-hydrogen) atoms. The molecule has 3 rings (SSSR count). The maximum absolute atomic E-state index is 8.57. The smallest absolute Gasteiger partial charge is 0.0741 e. The van der Waals surface area contributed by atoms with Gasteiger partial charge >= 0.3 is 0 Å². The van der Waals surface area contributed by atoms with Crippen molar-refractivity contribution < 1.29 is 0 Å². The number of hydrogen-bond acceptors (Lipinski definition) is 3. The van der Waals surface area contributed by atoms with E-state index in [4.69, 9.17) is 21.8 Å². The predicted octanol–water partition coefficient (Wildman–Crippen LogP) is 5.65. The molecule has 2 aromatic rings. The van der Waals surface area contributed by atoms with Gasteiger partial charge < -0.3 is 5.32 Å².